The maximum absolute atomic E-state index is 12.0. The van der Waals surface area contributed by atoms with E-state index in [0.29, 0.717) is 11.5 Å². The molecule has 0 unspecified atom stereocenters. The number of anilines is 1. The summed E-state index contributed by atoms with van der Waals surface area (Å²) in [5.41, 5.74) is 4.06. The van der Waals surface area contributed by atoms with E-state index in [1.807, 2.05) is 32.0 Å². The predicted octanol–water partition coefficient (Wildman–Crippen LogP) is 4.08. The average Bonchev–Trinajstić information content (AvgIpc) is 2.50. The number of benzene rings is 2. The summed E-state index contributed by atoms with van der Waals surface area (Å²) in [5, 5.41) is 13.5. The topological polar surface area (TPSA) is 72.2 Å². The first-order chi connectivity index (χ1) is 11.0. The minimum atomic E-state index is -0.422. The lowest BCUT2D eigenvalue weighted by molar-refractivity contribution is -0.384. The molecule has 0 saturated heterocycles. The van der Waals surface area contributed by atoms with Crippen LogP contribution in [0.4, 0.5) is 11.4 Å². The van der Waals surface area contributed by atoms with Gasteiger partial charge in [-0.25, -0.2) is 0 Å². The molecule has 2 aromatic carbocycles. The van der Waals surface area contributed by atoms with Crippen LogP contribution in [-0.4, -0.2) is 16.6 Å². The number of non-ortho nitro benzene ring substituents is 1. The Balaban J connectivity index is 1.81. The maximum Gasteiger partial charge on any atom is 0.269 e. The first-order valence-electron chi connectivity index (χ1n) is 7.14. The smallest absolute Gasteiger partial charge is 0.269 e. The highest BCUT2D eigenvalue weighted by Crippen LogP contribution is 2.19. The number of nitrogens with one attached hydrogen (secondary N) is 1. The van der Waals surface area contributed by atoms with E-state index < -0.39 is 4.92 Å². The molecule has 0 aliphatic carbocycles. The molecule has 0 aliphatic heterocycles. The Morgan fingerprint density at radius 3 is 2.48 bits per heavy atom. The van der Waals surface area contributed by atoms with Gasteiger partial charge < -0.3 is 5.32 Å². The highest BCUT2D eigenvalue weighted by atomic mass is 32.2. The molecule has 1 N–H and O–H groups in total. The van der Waals surface area contributed by atoms with E-state index in [2.05, 4.69) is 5.32 Å². The van der Waals surface area contributed by atoms with Crippen LogP contribution in [0.25, 0.3) is 0 Å². The zero-order valence-corrected chi connectivity index (χ0v) is 13.9. The minimum absolute atomic E-state index is 0.0520. The second kappa shape index (κ2) is 7.78. The lowest BCUT2D eigenvalue weighted by Gasteiger charge is -2.09. The first-order valence-corrected chi connectivity index (χ1v) is 8.29. The molecule has 0 bridgehead atoms. The number of carbonyl (C=O) groups is 1. The van der Waals surface area contributed by atoms with Crippen molar-refractivity contribution < 1.29 is 9.72 Å². The van der Waals surface area contributed by atoms with E-state index in [9.17, 15) is 14.9 Å². The van der Waals surface area contributed by atoms with Crippen LogP contribution in [0.1, 0.15) is 16.7 Å². The molecule has 2 rings (SSSR count). The van der Waals surface area contributed by atoms with E-state index in [4.69, 9.17) is 0 Å². The molecular weight excluding hydrogens is 312 g/mol. The third kappa shape index (κ3) is 5.10. The van der Waals surface area contributed by atoms with Gasteiger partial charge in [0.1, 0.15) is 0 Å². The molecule has 0 heterocycles. The number of rotatable bonds is 6. The van der Waals surface area contributed by atoms with Crippen molar-refractivity contribution in [2.75, 3.05) is 11.1 Å². The van der Waals surface area contributed by atoms with Gasteiger partial charge in [-0.2, -0.15) is 0 Å². The number of thioether (sulfide) groups is 1. The van der Waals surface area contributed by atoms with Gasteiger partial charge in [0.25, 0.3) is 5.69 Å². The van der Waals surface area contributed by atoms with Crippen LogP contribution in [0.15, 0.2) is 42.5 Å². The Morgan fingerprint density at radius 2 is 1.87 bits per heavy atom. The normalized spacial score (nSPS) is 10.3. The highest BCUT2D eigenvalue weighted by molar-refractivity contribution is 7.99. The first kappa shape index (κ1) is 17.0. The number of nitrogens with zero attached hydrogens (tertiary/aromatic N) is 1. The van der Waals surface area contributed by atoms with Gasteiger partial charge in [-0.1, -0.05) is 29.8 Å². The monoisotopic (exact) mass is 330 g/mol. The van der Waals surface area contributed by atoms with Crippen LogP contribution < -0.4 is 5.32 Å². The molecule has 0 aromatic heterocycles. The van der Waals surface area contributed by atoms with Crippen molar-refractivity contribution in [3.05, 3.63) is 69.3 Å². The molecule has 0 fully saturated rings. The lowest BCUT2D eigenvalue weighted by Crippen LogP contribution is -2.15. The van der Waals surface area contributed by atoms with Gasteiger partial charge in [-0.15, -0.1) is 11.8 Å². The molecule has 0 atom stereocenters. The minimum Gasteiger partial charge on any atom is -0.325 e. The van der Waals surface area contributed by atoms with Gasteiger partial charge in [-0.3, -0.25) is 14.9 Å². The van der Waals surface area contributed by atoms with E-state index in [1.54, 1.807) is 12.1 Å². The fraction of sp³-hybridized carbons (Fsp3) is 0.235. The molecule has 5 nitrogen and oxygen atoms in total. The number of carbonyl (C=O) groups excluding carboxylic acids is 1. The zero-order valence-electron chi connectivity index (χ0n) is 13.0. The molecule has 0 radical (unpaired) electrons. The number of hydrogen-bond donors (Lipinski definition) is 1. The van der Waals surface area contributed by atoms with Crippen molar-refractivity contribution in [1.82, 2.24) is 0 Å². The second-order valence-corrected chi connectivity index (χ2v) is 6.27. The van der Waals surface area contributed by atoms with Crippen molar-refractivity contribution >= 4 is 29.0 Å². The van der Waals surface area contributed by atoms with E-state index in [0.717, 1.165) is 22.4 Å². The molecule has 23 heavy (non-hydrogen) atoms. The summed E-state index contributed by atoms with van der Waals surface area (Å²) in [5.74, 6) is 0.923. The van der Waals surface area contributed by atoms with Gasteiger partial charge in [-0.05, 0) is 31.0 Å². The highest BCUT2D eigenvalue weighted by Gasteiger charge is 2.07. The van der Waals surface area contributed by atoms with E-state index in [-0.39, 0.29) is 11.6 Å². The van der Waals surface area contributed by atoms with Crippen molar-refractivity contribution in [2.45, 2.75) is 19.6 Å². The summed E-state index contributed by atoms with van der Waals surface area (Å²) in [6.07, 6.45) is 0. The summed E-state index contributed by atoms with van der Waals surface area (Å²) in [7, 11) is 0. The average molecular weight is 330 g/mol. The number of hydrogen-bond acceptors (Lipinski definition) is 4. The molecule has 1 amide bonds. The number of amides is 1. The Kier molecular flexibility index (Phi) is 5.76. The molecule has 0 spiro atoms. The number of aryl methyl sites for hydroxylation is 2. The molecule has 120 valence electrons. The SMILES string of the molecule is Cc1ccc(NC(=O)CSCc2ccc([N+](=O)[O-])cc2)c(C)c1. The van der Waals surface area contributed by atoms with Gasteiger partial charge in [0, 0.05) is 23.6 Å². The van der Waals surface area contributed by atoms with Crippen molar-refractivity contribution in [3.8, 4) is 0 Å². The largest absolute Gasteiger partial charge is 0.325 e. The van der Waals surface area contributed by atoms with Crippen LogP contribution in [0.5, 0.6) is 0 Å². The van der Waals surface area contributed by atoms with Gasteiger partial charge in [0.2, 0.25) is 5.91 Å². The fourth-order valence-electron chi connectivity index (χ4n) is 2.12. The van der Waals surface area contributed by atoms with Crippen LogP contribution in [0.3, 0.4) is 0 Å². The van der Waals surface area contributed by atoms with Crippen molar-refractivity contribution in [3.63, 3.8) is 0 Å². The summed E-state index contributed by atoms with van der Waals surface area (Å²) >= 11 is 1.48. The molecule has 2 aromatic rings. The third-order valence-electron chi connectivity index (χ3n) is 3.31. The molecule has 0 saturated carbocycles. The summed E-state index contributed by atoms with van der Waals surface area (Å²) in [4.78, 5) is 22.1. The van der Waals surface area contributed by atoms with Crippen LogP contribution in [-0.2, 0) is 10.5 Å². The lowest BCUT2D eigenvalue weighted by atomic mass is 10.1. The van der Waals surface area contributed by atoms with Gasteiger partial charge >= 0.3 is 0 Å². The van der Waals surface area contributed by atoms with Crippen molar-refractivity contribution in [1.29, 1.82) is 0 Å². The Morgan fingerprint density at radius 1 is 1.17 bits per heavy atom. The quantitative estimate of drug-likeness (QED) is 0.640. The van der Waals surface area contributed by atoms with Crippen LogP contribution >= 0.6 is 11.8 Å². The fourth-order valence-corrected chi connectivity index (χ4v) is 2.90. The second-order valence-electron chi connectivity index (χ2n) is 5.28. The molecule has 6 heteroatoms. The summed E-state index contributed by atoms with van der Waals surface area (Å²) < 4.78 is 0. The molecular formula is C17H18N2O3S. The van der Waals surface area contributed by atoms with Crippen molar-refractivity contribution in [2.24, 2.45) is 0 Å². The van der Waals surface area contributed by atoms with Gasteiger partial charge in [0.05, 0.1) is 10.7 Å². The maximum atomic E-state index is 12.0. The third-order valence-corrected chi connectivity index (χ3v) is 4.31. The Hall–Kier alpha value is -2.34. The number of nitro benzene ring substituents is 1. The number of nitro groups is 1. The van der Waals surface area contributed by atoms with E-state index >= 15 is 0 Å². The Labute approximate surface area is 139 Å². The van der Waals surface area contributed by atoms with Crippen LogP contribution in [0.2, 0.25) is 0 Å². The molecule has 0 aliphatic rings. The van der Waals surface area contributed by atoms with Crippen LogP contribution in [0, 0.1) is 24.0 Å². The van der Waals surface area contributed by atoms with E-state index in [1.165, 1.54) is 23.9 Å². The predicted molar refractivity (Wildman–Crippen MR) is 93.8 cm³/mol. The van der Waals surface area contributed by atoms with Gasteiger partial charge in [0.15, 0.2) is 0 Å². The summed E-state index contributed by atoms with van der Waals surface area (Å²) in [6.45, 7) is 3.98. The zero-order chi connectivity index (χ0) is 16.8. The standard InChI is InChI=1S/C17H18N2O3S/c1-12-3-8-16(13(2)9-12)18-17(20)11-23-10-14-4-6-15(7-5-14)19(21)22/h3-9H,10-11H2,1-2H3,(H,18,20). The summed E-state index contributed by atoms with van der Waals surface area (Å²) in [6, 6.07) is 12.3. The Bertz CT molecular complexity index is 714.